The average molecular weight is 417 g/mol. The van der Waals surface area contributed by atoms with Crippen LogP contribution in [0.2, 0.25) is 0 Å². The number of phenolic OH excluding ortho intramolecular Hbond substituents is 1. The zero-order valence-corrected chi connectivity index (χ0v) is 20.4. The third-order valence-electron chi connectivity index (χ3n) is 4.42. The molecule has 0 aliphatic carbocycles. The predicted molar refractivity (Wildman–Crippen MR) is 128 cm³/mol. The summed E-state index contributed by atoms with van der Waals surface area (Å²) < 4.78 is 0. The molecule has 1 N–H and O–H groups in total. The SMILES string of the molecule is CCCCCCCCCCCCc1ccccc1.Oc1ccccc1.S.[Ca+2].[H-].[H-]. The molecule has 0 saturated heterocycles. The van der Waals surface area contributed by atoms with Gasteiger partial charge in [0.05, 0.1) is 0 Å². The van der Waals surface area contributed by atoms with Crippen molar-refractivity contribution in [2.75, 3.05) is 0 Å². The van der Waals surface area contributed by atoms with E-state index in [0.717, 1.165) is 0 Å². The van der Waals surface area contributed by atoms with Crippen LogP contribution in [-0.4, -0.2) is 42.8 Å². The van der Waals surface area contributed by atoms with Crippen LogP contribution in [-0.2, 0) is 6.42 Å². The molecule has 27 heavy (non-hydrogen) atoms. The van der Waals surface area contributed by atoms with Gasteiger partial charge >= 0.3 is 37.7 Å². The minimum atomic E-state index is 0. The van der Waals surface area contributed by atoms with E-state index in [1.54, 1.807) is 24.3 Å². The molecule has 2 aromatic carbocycles. The van der Waals surface area contributed by atoms with Gasteiger partial charge in [-0.05, 0) is 30.5 Å². The fourth-order valence-electron chi connectivity index (χ4n) is 2.89. The van der Waals surface area contributed by atoms with Crippen LogP contribution in [0.4, 0.5) is 0 Å². The van der Waals surface area contributed by atoms with Gasteiger partial charge in [-0.2, -0.15) is 13.5 Å². The van der Waals surface area contributed by atoms with Crippen molar-refractivity contribution >= 4 is 51.2 Å². The molecule has 0 spiro atoms. The Hall–Kier alpha value is -0.150. The van der Waals surface area contributed by atoms with E-state index in [9.17, 15) is 0 Å². The van der Waals surface area contributed by atoms with E-state index in [4.69, 9.17) is 5.11 Å². The number of phenols is 1. The van der Waals surface area contributed by atoms with Gasteiger partial charge in [0.25, 0.3) is 0 Å². The van der Waals surface area contributed by atoms with E-state index in [2.05, 4.69) is 37.3 Å². The topological polar surface area (TPSA) is 20.2 Å². The number of hydrogen-bond acceptors (Lipinski definition) is 1. The standard InChI is InChI=1S/C18H30.C6H6O.Ca.H2S.2H/c1-2-3-4-5-6-7-8-9-10-12-15-18-16-13-11-14-17-18;7-6-4-2-1-3-5-6;;;;/h11,13-14,16-17H,2-10,12,15H2,1H3;1-5,7H;;1H2;;/q;;+2;;2*-1. The molecule has 0 aliphatic heterocycles. The van der Waals surface area contributed by atoms with Gasteiger partial charge in [0.2, 0.25) is 0 Å². The summed E-state index contributed by atoms with van der Waals surface area (Å²) in [6, 6.07) is 19.6. The number of unbranched alkanes of at least 4 members (excludes halogenated alkanes) is 9. The summed E-state index contributed by atoms with van der Waals surface area (Å²) in [5.41, 5.74) is 1.50. The zero-order valence-electron chi connectivity index (χ0n) is 19.2. The second-order valence-electron chi connectivity index (χ2n) is 6.75. The van der Waals surface area contributed by atoms with Crippen LogP contribution in [0.25, 0.3) is 0 Å². The Labute approximate surface area is 207 Å². The van der Waals surface area contributed by atoms with Crippen LogP contribution in [0.5, 0.6) is 5.75 Å². The van der Waals surface area contributed by atoms with Crippen LogP contribution in [0.15, 0.2) is 60.7 Å². The first-order valence-corrected chi connectivity index (χ1v) is 10.1. The molecule has 150 valence electrons. The molecule has 3 heteroatoms. The van der Waals surface area contributed by atoms with Gasteiger partial charge in [-0.15, -0.1) is 0 Å². The third kappa shape index (κ3) is 19.0. The summed E-state index contributed by atoms with van der Waals surface area (Å²) in [5.74, 6) is 0.322. The van der Waals surface area contributed by atoms with Crippen LogP contribution < -0.4 is 0 Å². The van der Waals surface area contributed by atoms with Crippen LogP contribution in [0.3, 0.4) is 0 Å². The van der Waals surface area contributed by atoms with E-state index in [-0.39, 0.29) is 54.1 Å². The number of aryl methyl sites for hydroxylation is 1. The van der Waals surface area contributed by atoms with Crippen molar-refractivity contribution in [1.29, 1.82) is 0 Å². The largest absolute Gasteiger partial charge is 2.00 e. The second-order valence-corrected chi connectivity index (χ2v) is 6.75. The van der Waals surface area contributed by atoms with Crippen molar-refractivity contribution in [3.05, 3.63) is 66.2 Å². The van der Waals surface area contributed by atoms with Gasteiger partial charge in [-0.1, -0.05) is 113 Å². The Morgan fingerprint density at radius 1 is 0.630 bits per heavy atom. The molecule has 2 aromatic rings. The maximum Gasteiger partial charge on any atom is 2.00 e. The molecule has 0 aliphatic rings. The Bertz CT molecular complexity index is 515. The summed E-state index contributed by atoms with van der Waals surface area (Å²) in [6.07, 6.45) is 15.5. The van der Waals surface area contributed by atoms with Crippen molar-refractivity contribution in [2.45, 2.75) is 77.6 Å². The molecule has 0 heterocycles. The smallest absolute Gasteiger partial charge is 1.00 e. The fraction of sp³-hybridized carbons (Fsp3) is 0.500. The molecule has 0 aromatic heterocycles. The molecule has 0 fully saturated rings. The molecular formula is C24H40CaOS. The van der Waals surface area contributed by atoms with Gasteiger partial charge in [-0.25, -0.2) is 0 Å². The van der Waals surface area contributed by atoms with Crippen molar-refractivity contribution in [1.82, 2.24) is 0 Å². The molecule has 1 nitrogen and oxygen atoms in total. The minimum absolute atomic E-state index is 0. The van der Waals surface area contributed by atoms with Crippen molar-refractivity contribution in [2.24, 2.45) is 0 Å². The zero-order chi connectivity index (χ0) is 18.0. The quantitative estimate of drug-likeness (QED) is 0.297. The van der Waals surface area contributed by atoms with E-state index in [1.807, 2.05) is 6.07 Å². The van der Waals surface area contributed by atoms with Crippen LogP contribution in [0.1, 0.15) is 79.5 Å². The molecule has 2 rings (SSSR count). The molecule has 0 bridgehead atoms. The maximum absolute atomic E-state index is 8.63. The number of benzene rings is 2. The summed E-state index contributed by atoms with van der Waals surface area (Å²) in [6.45, 7) is 2.28. The van der Waals surface area contributed by atoms with Gasteiger partial charge in [0, 0.05) is 0 Å². The van der Waals surface area contributed by atoms with E-state index in [0.29, 0.717) is 5.75 Å². The summed E-state index contributed by atoms with van der Waals surface area (Å²) in [7, 11) is 0. The maximum atomic E-state index is 8.63. The number of para-hydroxylation sites is 1. The number of aromatic hydroxyl groups is 1. The normalized spacial score (nSPS) is 9.37. The van der Waals surface area contributed by atoms with Gasteiger partial charge in [-0.3, -0.25) is 0 Å². The van der Waals surface area contributed by atoms with Crippen LogP contribution >= 0.6 is 13.5 Å². The average Bonchev–Trinajstić information content (AvgIpc) is 2.65. The monoisotopic (exact) mass is 416 g/mol. The molecule has 0 atom stereocenters. The van der Waals surface area contributed by atoms with Gasteiger partial charge in [0.1, 0.15) is 5.75 Å². The fourth-order valence-corrected chi connectivity index (χ4v) is 2.89. The number of rotatable bonds is 11. The minimum Gasteiger partial charge on any atom is -1.00 e. The Morgan fingerprint density at radius 3 is 1.44 bits per heavy atom. The summed E-state index contributed by atoms with van der Waals surface area (Å²) >= 11 is 0. The second kappa shape index (κ2) is 22.1. The van der Waals surface area contributed by atoms with Crippen molar-refractivity contribution in [3.8, 4) is 5.75 Å². The molecule has 0 amide bonds. The van der Waals surface area contributed by atoms with E-state index in [1.165, 1.54) is 76.2 Å². The molecule has 0 radical (unpaired) electrons. The van der Waals surface area contributed by atoms with E-state index >= 15 is 0 Å². The van der Waals surface area contributed by atoms with Gasteiger partial charge < -0.3 is 7.96 Å². The van der Waals surface area contributed by atoms with E-state index < -0.39 is 0 Å². The Kier molecular flexibility index (Phi) is 23.8. The Balaban J connectivity index is -0.000000244. The first-order valence-electron chi connectivity index (χ1n) is 10.1. The third-order valence-corrected chi connectivity index (χ3v) is 4.42. The Morgan fingerprint density at radius 2 is 1.04 bits per heavy atom. The molecular weight excluding hydrogens is 376 g/mol. The number of hydrogen-bond donors (Lipinski definition) is 1. The first-order chi connectivity index (χ1) is 12.3. The van der Waals surface area contributed by atoms with Crippen molar-refractivity contribution in [3.63, 3.8) is 0 Å². The summed E-state index contributed by atoms with van der Waals surface area (Å²) in [4.78, 5) is 0. The predicted octanol–water partition coefficient (Wildman–Crippen LogP) is 7.50. The molecule has 0 saturated carbocycles. The summed E-state index contributed by atoms with van der Waals surface area (Å²) in [5, 5.41) is 8.63. The molecule has 0 unspecified atom stereocenters. The van der Waals surface area contributed by atoms with Gasteiger partial charge in [0.15, 0.2) is 0 Å². The van der Waals surface area contributed by atoms with Crippen LogP contribution in [0, 0.1) is 0 Å². The van der Waals surface area contributed by atoms with Crippen molar-refractivity contribution < 1.29 is 7.96 Å². The first kappa shape index (κ1) is 29.1.